The largest absolute Gasteiger partial charge is 0.314 e. The highest BCUT2D eigenvalue weighted by atomic mass is 19.1. The highest BCUT2D eigenvalue weighted by molar-refractivity contribution is 5.19. The topological polar surface area (TPSA) is 42.7 Å². The van der Waals surface area contributed by atoms with Gasteiger partial charge >= 0.3 is 0 Å². The Kier molecular flexibility index (Phi) is 3.78. The lowest BCUT2D eigenvalue weighted by atomic mass is 10.1. The summed E-state index contributed by atoms with van der Waals surface area (Å²) in [6.45, 7) is 3.77. The third-order valence-electron chi connectivity index (χ3n) is 3.87. The zero-order valence-corrected chi connectivity index (χ0v) is 11.6. The third-order valence-corrected chi connectivity index (χ3v) is 3.87. The second-order valence-electron chi connectivity index (χ2n) is 5.30. The summed E-state index contributed by atoms with van der Waals surface area (Å²) in [6, 6.07) is 6.77. The van der Waals surface area contributed by atoms with Gasteiger partial charge in [-0.15, -0.1) is 10.2 Å². The van der Waals surface area contributed by atoms with Crippen molar-refractivity contribution in [1.29, 1.82) is 0 Å². The minimum absolute atomic E-state index is 0.159. The SMILES string of the molecule is C[C@@H](NCc1nnc2n1CCCC2)c1ccc(F)cc1. The fourth-order valence-corrected chi connectivity index (χ4v) is 2.61. The quantitative estimate of drug-likeness (QED) is 0.932. The number of fused-ring (bicyclic) bond motifs is 1. The van der Waals surface area contributed by atoms with E-state index in [2.05, 4.69) is 27.0 Å². The summed E-state index contributed by atoms with van der Waals surface area (Å²) < 4.78 is 15.1. The maximum Gasteiger partial charge on any atom is 0.147 e. The van der Waals surface area contributed by atoms with Gasteiger partial charge in [0.15, 0.2) is 0 Å². The molecule has 5 heteroatoms. The molecule has 2 heterocycles. The first-order chi connectivity index (χ1) is 9.74. The molecule has 106 valence electrons. The number of aromatic nitrogens is 3. The molecule has 3 rings (SSSR count). The maximum atomic E-state index is 12.9. The Labute approximate surface area is 118 Å². The predicted octanol–water partition coefficient (Wildman–Crippen LogP) is 2.60. The molecular weight excluding hydrogens is 255 g/mol. The van der Waals surface area contributed by atoms with Crippen LogP contribution >= 0.6 is 0 Å². The van der Waals surface area contributed by atoms with Crippen molar-refractivity contribution in [2.75, 3.05) is 0 Å². The van der Waals surface area contributed by atoms with E-state index in [1.54, 1.807) is 0 Å². The summed E-state index contributed by atoms with van der Waals surface area (Å²) in [5, 5.41) is 11.9. The van der Waals surface area contributed by atoms with E-state index < -0.39 is 0 Å². The summed E-state index contributed by atoms with van der Waals surface area (Å²) in [6.07, 6.45) is 3.43. The minimum Gasteiger partial charge on any atom is -0.314 e. The number of halogens is 1. The van der Waals surface area contributed by atoms with Crippen LogP contribution < -0.4 is 5.32 Å². The first kappa shape index (κ1) is 13.2. The van der Waals surface area contributed by atoms with Crippen molar-refractivity contribution in [2.24, 2.45) is 0 Å². The van der Waals surface area contributed by atoms with E-state index >= 15 is 0 Å². The van der Waals surface area contributed by atoms with Crippen molar-refractivity contribution in [2.45, 2.75) is 45.3 Å². The van der Waals surface area contributed by atoms with Gasteiger partial charge in [0.05, 0.1) is 6.54 Å². The monoisotopic (exact) mass is 274 g/mol. The van der Waals surface area contributed by atoms with E-state index in [9.17, 15) is 4.39 Å². The van der Waals surface area contributed by atoms with E-state index in [4.69, 9.17) is 0 Å². The van der Waals surface area contributed by atoms with Crippen molar-refractivity contribution in [1.82, 2.24) is 20.1 Å². The minimum atomic E-state index is -0.201. The van der Waals surface area contributed by atoms with Crippen LogP contribution in [0, 0.1) is 5.82 Å². The van der Waals surface area contributed by atoms with Gasteiger partial charge in [-0.3, -0.25) is 0 Å². The lowest BCUT2D eigenvalue weighted by molar-refractivity contribution is 0.483. The van der Waals surface area contributed by atoms with E-state index in [1.165, 1.54) is 25.0 Å². The normalized spacial score (nSPS) is 15.9. The molecule has 1 aliphatic heterocycles. The Morgan fingerprint density at radius 3 is 2.85 bits per heavy atom. The first-order valence-corrected chi connectivity index (χ1v) is 7.14. The van der Waals surface area contributed by atoms with Gasteiger partial charge in [-0.1, -0.05) is 12.1 Å². The van der Waals surface area contributed by atoms with Crippen LogP contribution in [0.3, 0.4) is 0 Å². The third kappa shape index (κ3) is 2.72. The fraction of sp³-hybridized carbons (Fsp3) is 0.467. The molecule has 1 atom stereocenters. The van der Waals surface area contributed by atoms with Crippen molar-refractivity contribution in [3.8, 4) is 0 Å². The van der Waals surface area contributed by atoms with Crippen LogP contribution in [0.5, 0.6) is 0 Å². The van der Waals surface area contributed by atoms with Gasteiger partial charge in [0.25, 0.3) is 0 Å². The average molecular weight is 274 g/mol. The molecule has 0 spiro atoms. The van der Waals surface area contributed by atoms with Crippen LogP contribution in [0.2, 0.25) is 0 Å². The molecule has 0 fully saturated rings. The first-order valence-electron chi connectivity index (χ1n) is 7.14. The van der Waals surface area contributed by atoms with Gasteiger partial charge in [0.1, 0.15) is 17.5 Å². The molecular formula is C15H19FN4. The van der Waals surface area contributed by atoms with Crippen molar-refractivity contribution < 1.29 is 4.39 Å². The summed E-state index contributed by atoms with van der Waals surface area (Å²) in [7, 11) is 0. The molecule has 0 amide bonds. The molecule has 0 unspecified atom stereocenters. The number of benzene rings is 1. The van der Waals surface area contributed by atoms with Crippen LogP contribution in [0.1, 0.15) is 43.0 Å². The number of hydrogen-bond acceptors (Lipinski definition) is 3. The lowest BCUT2D eigenvalue weighted by Gasteiger charge is -2.17. The molecule has 1 aliphatic rings. The zero-order chi connectivity index (χ0) is 13.9. The second kappa shape index (κ2) is 5.71. The second-order valence-corrected chi connectivity index (χ2v) is 5.30. The summed E-state index contributed by atoms with van der Waals surface area (Å²) >= 11 is 0. The zero-order valence-electron chi connectivity index (χ0n) is 11.6. The van der Waals surface area contributed by atoms with Gasteiger partial charge < -0.3 is 9.88 Å². The number of hydrogen-bond donors (Lipinski definition) is 1. The highest BCUT2D eigenvalue weighted by Crippen LogP contribution is 2.16. The van der Waals surface area contributed by atoms with E-state index in [0.29, 0.717) is 6.54 Å². The molecule has 2 aromatic rings. The molecule has 20 heavy (non-hydrogen) atoms. The molecule has 1 aromatic carbocycles. The highest BCUT2D eigenvalue weighted by Gasteiger charge is 2.16. The van der Waals surface area contributed by atoms with Gasteiger partial charge in [0.2, 0.25) is 0 Å². The summed E-state index contributed by atoms with van der Waals surface area (Å²) in [4.78, 5) is 0. The molecule has 0 bridgehead atoms. The van der Waals surface area contributed by atoms with Crippen LogP contribution in [0.4, 0.5) is 4.39 Å². The Hall–Kier alpha value is -1.75. The Balaban J connectivity index is 1.64. The smallest absolute Gasteiger partial charge is 0.147 e. The van der Waals surface area contributed by atoms with Gasteiger partial charge in [0, 0.05) is 19.0 Å². The standard InChI is InChI=1S/C15H19FN4/c1-11(12-5-7-13(16)8-6-12)17-10-15-19-18-14-4-2-3-9-20(14)15/h5-8,11,17H,2-4,9-10H2,1H3/t11-/m1/s1. The van der Waals surface area contributed by atoms with E-state index in [-0.39, 0.29) is 11.9 Å². The van der Waals surface area contributed by atoms with Crippen LogP contribution in [0.15, 0.2) is 24.3 Å². The Morgan fingerprint density at radius 2 is 2.05 bits per heavy atom. The molecule has 0 radical (unpaired) electrons. The predicted molar refractivity (Wildman–Crippen MR) is 74.6 cm³/mol. The molecule has 4 nitrogen and oxygen atoms in total. The van der Waals surface area contributed by atoms with Crippen LogP contribution in [0.25, 0.3) is 0 Å². The number of aryl methyl sites for hydroxylation is 1. The van der Waals surface area contributed by atoms with E-state index in [1.807, 2.05) is 12.1 Å². The molecule has 1 N–H and O–H groups in total. The number of rotatable bonds is 4. The van der Waals surface area contributed by atoms with Crippen molar-refractivity contribution in [3.63, 3.8) is 0 Å². The van der Waals surface area contributed by atoms with Crippen molar-refractivity contribution >= 4 is 0 Å². The average Bonchev–Trinajstić information content (AvgIpc) is 2.89. The van der Waals surface area contributed by atoms with Gasteiger partial charge in [-0.2, -0.15) is 0 Å². The van der Waals surface area contributed by atoms with E-state index in [0.717, 1.165) is 30.2 Å². The summed E-state index contributed by atoms with van der Waals surface area (Å²) in [5.41, 5.74) is 1.07. The molecule has 1 aromatic heterocycles. The maximum absolute atomic E-state index is 12.9. The van der Waals surface area contributed by atoms with Crippen LogP contribution in [-0.4, -0.2) is 14.8 Å². The van der Waals surface area contributed by atoms with Gasteiger partial charge in [-0.05, 0) is 37.5 Å². The summed E-state index contributed by atoms with van der Waals surface area (Å²) in [5.74, 6) is 1.89. The lowest BCUT2D eigenvalue weighted by Crippen LogP contribution is -2.22. The number of nitrogens with one attached hydrogen (secondary N) is 1. The molecule has 0 saturated carbocycles. The fourth-order valence-electron chi connectivity index (χ4n) is 2.61. The molecule has 0 aliphatic carbocycles. The Morgan fingerprint density at radius 1 is 1.25 bits per heavy atom. The molecule has 0 saturated heterocycles. The van der Waals surface area contributed by atoms with Gasteiger partial charge in [-0.25, -0.2) is 4.39 Å². The number of nitrogens with zero attached hydrogens (tertiary/aromatic N) is 3. The van der Waals surface area contributed by atoms with Crippen LogP contribution in [-0.2, 0) is 19.5 Å². The van der Waals surface area contributed by atoms with Crippen molar-refractivity contribution in [3.05, 3.63) is 47.3 Å². The Bertz CT molecular complexity index is 576.